The molecule has 6 heteroatoms. The molecular weight excluding hydrogens is 241 g/mol. The van der Waals surface area contributed by atoms with Gasteiger partial charge in [0.05, 0.1) is 6.61 Å². The van der Waals surface area contributed by atoms with Crippen LogP contribution in [0.25, 0.3) is 0 Å². The van der Waals surface area contributed by atoms with Crippen molar-refractivity contribution in [3.8, 4) is 5.75 Å². The van der Waals surface area contributed by atoms with Crippen LogP contribution in [0.2, 0.25) is 0 Å². The van der Waals surface area contributed by atoms with Crippen LogP contribution in [-0.2, 0) is 14.1 Å². The molecule has 94 valence electrons. The molecule has 0 aliphatic carbocycles. The SMILES string of the molecule is CCOC(=O)[C@H](C)P(N)(=O)Oc1ccccc1. The zero-order valence-electron chi connectivity index (χ0n) is 9.83. The maximum Gasteiger partial charge on any atom is 0.327 e. The number of nitrogens with two attached hydrogens (primary N) is 1. The van der Waals surface area contributed by atoms with Gasteiger partial charge in [-0.2, -0.15) is 0 Å². The lowest BCUT2D eigenvalue weighted by Crippen LogP contribution is -2.26. The Morgan fingerprint density at radius 1 is 1.41 bits per heavy atom. The highest BCUT2D eigenvalue weighted by Crippen LogP contribution is 2.44. The minimum atomic E-state index is -3.57. The first kappa shape index (κ1) is 13.7. The van der Waals surface area contributed by atoms with E-state index in [9.17, 15) is 9.36 Å². The number of carbonyl (C=O) groups excluding carboxylic acids is 1. The van der Waals surface area contributed by atoms with Crippen LogP contribution in [0.1, 0.15) is 13.8 Å². The lowest BCUT2D eigenvalue weighted by Gasteiger charge is -2.19. The van der Waals surface area contributed by atoms with Crippen molar-refractivity contribution in [2.75, 3.05) is 6.61 Å². The van der Waals surface area contributed by atoms with E-state index in [1.807, 2.05) is 0 Å². The zero-order valence-corrected chi connectivity index (χ0v) is 10.7. The Bertz CT molecular complexity index is 421. The molecule has 1 rings (SSSR count). The molecule has 0 amide bonds. The number of benzene rings is 1. The largest absolute Gasteiger partial charge is 0.465 e. The number of ether oxygens (including phenoxy) is 1. The van der Waals surface area contributed by atoms with Crippen molar-refractivity contribution < 1.29 is 18.6 Å². The van der Waals surface area contributed by atoms with Crippen LogP contribution in [0.15, 0.2) is 30.3 Å². The fourth-order valence-corrected chi connectivity index (χ4v) is 2.11. The summed E-state index contributed by atoms with van der Waals surface area (Å²) in [5.41, 5.74) is 4.57. The van der Waals surface area contributed by atoms with Crippen molar-refractivity contribution in [2.45, 2.75) is 19.5 Å². The second-order valence-corrected chi connectivity index (χ2v) is 5.73. The molecule has 0 spiro atoms. The van der Waals surface area contributed by atoms with Gasteiger partial charge >= 0.3 is 13.5 Å². The summed E-state index contributed by atoms with van der Waals surface area (Å²) in [7, 11) is -3.57. The van der Waals surface area contributed by atoms with E-state index in [0.717, 1.165) is 0 Å². The Balaban J connectivity index is 2.75. The quantitative estimate of drug-likeness (QED) is 0.646. The van der Waals surface area contributed by atoms with E-state index < -0.39 is 19.1 Å². The average molecular weight is 257 g/mol. The van der Waals surface area contributed by atoms with Crippen LogP contribution in [0, 0.1) is 0 Å². The Hall–Kier alpha value is -1.32. The third kappa shape index (κ3) is 3.88. The smallest absolute Gasteiger partial charge is 0.327 e. The Morgan fingerprint density at radius 3 is 2.53 bits per heavy atom. The normalized spacial score (nSPS) is 15.7. The van der Waals surface area contributed by atoms with Gasteiger partial charge < -0.3 is 9.26 Å². The monoisotopic (exact) mass is 257 g/mol. The molecule has 0 heterocycles. The number of para-hydroxylation sites is 1. The third-order valence-electron chi connectivity index (χ3n) is 2.16. The molecule has 0 aliphatic rings. The molecule has 0 fully saturated rings. The van der Waals surface area contributed by atoms with Gasteiger partial charge in [-0.1, -0.05) is 18.2 Å². The molecule has 5 nitrogen and oxygen atoms in total. The predicted octanol–water partition coefficient (Wildman–Crippen LogP) is 2.17. The van der Waals surface area contributed by atoms with Crippen molar-refractivity contribution in [3.05, 3.63) is 30.3 Å². The highest BCUT2D eigenvalue weighted by Gasteiger charge is 2.35. The summed E-state index contributed by atoms with van der Waals surface area (Å²) in [4.78, 5) is 11.4. The molecule has 0 aromatic heterocycles. The van der Waals surface area contributed by atoms with Gasteiger partial charge in [0, 0.05) is 0 Å². The Morgan fingerprint density at radius 2 is 2.00 bits per heavy atom. The van der Waals surface area contributed by atoms with Gasteiger partial charge in [0.25, 0.3) is 0 Å². The molecule has 0 radical (unpaired) electrons. The van der Waals surface area contributed by atoms with Crippen LogP contribution in [0.3, 0.4) is 0 Å². The fraction of sp³-hybridized carbons (Fsp3) is 0.364. The zero-order chi connectivity index (χ0) is 12.9. The maximum atomic E-state index is 12.1. The van der Waals surface area contributed by atoms with E-state index >= 15 is 0 Å². The van der Waals surface area contributed by atoms with Crippen molar-refractivity contribution in [1.82, 2.24) is 0 Å². The van der Waals surface area contributed by atoms with Crippen molar-refractivity contribution >= 4 is 13.5 Å². The number of esters is 1. The van der Waals surface area contributed by atoms with Crippen molar-refractivity contribution in [2.24, 2.45) is 5.50 Å². The highest BCUT2D eigenvalue weighted by atomic mass is 31.2. The van der Waals surface area contributed by atoms with Crippen LogP contribution in [-0.4, -0.2) is 18.2 Å². The molecule has 0 saturated heterocycles. The minimum absolute atomic E-state index is 0.217. The van der Waals surface area contributed by atoms with Crippen LogP contribution in [0.4, 0.5) is 0 Å². The van der Waals surface area contributed by atoms with Crippen LogP contribution < -0.4 is 10.0 Å². The molecule has 1 unspecified atom stereocenters. The van der Waals surface area contributed by atoms with Gasteiger partial charge in [0.1, 0.15) is 5.75 Å². The molecule has 0 bridgehead atoms. The second-order valence-electron chi connectivity index (χ2n) is 3.48. The number of rotatable bonds is 5. The molecule has 17 heavy (non-hydrogen) atoms. The molecule has 2 N–H and O–H groups in total. The molecular formula is C11H16NO4P. The van der Waals surface area contributed by atoms with Crippen molar-refractivity contribution in [3.63, 3.8) is 0 Å². The number of hydrogen-bond donors (Lipinski definition) is 1. The number of carbonyl (C=O) groups is 1. The topological polar surface area (TPSA) is 78.6 Å². The summed E-state index contributed by atoms with van der Waals surface area (Å²) >= 11 is 0. The van der Waals surface area contributed by atoms with E-state index in [0.29, 0.717) is 5.75 Å². The van der Waals surface area contributed by atoms with Crippen LogP contribution in [0.5, 0.6) is 5.75 Å². The van der Waals surface area contributed by atoms with E-state index in [1.165, 1.54) is 6.92 Å². The van der Waals surface area contributed by atoms with Gasteiger partial charge in [-0.3, -0.25) is 9.36 Å². The Kier molecular flexibility index (Phi) is 4.73. The summed E-state index contributed by atoms with van der Waals surface area (Å²) in [5, 5.41) is 0. The van der Waals surface area contributed by atoms with Gasteiger partial charge in [-0.25, -0.2) is 5.50 Å². The molecule has 1 aromatic rings. The summed E-state index contributed by atoms with van der Waals surface area (Å²) in [6, 6.07) is 8.49. The fourth-order valence-electron chi connectivity index (χ4n) is 1.13. The van der Waals surface area contributed by atoms with Gasteiger partial charge in [0.2, 0.25) is 0 Å². The maximum absolute atomic E-state index is 12.1. The van der Waals surface area contributed by atoms with Gasteiger partial charge in [-0.15, -0.1) is 0 Å². The van der Waals surface area contributed by atoms with E-state index in [2.05, 4.69) is 0 Å². The minimum Gasteiger partial charge on any atom is -0.465 e. The van der Waals surface area contributed by atoms with E-state index in [4.69, 9.17) is 14.8 Å². The molecule has 0 aliphatic heterocycles. The average Bonchev–Trinajstić information content (AvgIpc) is 2.29. The molecule has 2 atom stereocenters. The third-order valence-corrected chi connectivity index (χ3v) is 3.95. The summed E-state index contributed by atoms with van der Waals surface area (Å²) in [6.07, 6.45) is 0. The summed E-state index contributed by atoms with van der Waals surface area (Å²) in [5.74, 6) is -0.247. The molecule has 0 saturated carbocycles. The first-order valence-electron chi connectivity index (χ1n) is 5.27. The van der Waals surface area contributed by atoms with Gasteiger partial charge in [-0.05, 0) is 26.0 Å². The van der Waals surface area contributed by atoms with E-state index in [-0.39, 0.29) is 6.61 Å². The first-order chi connectivity index (χ1) is 7.97. The lowest BCUT2D eigenvalue weighted by atomic mass is 10.3. The summed E-state index contributed by atoms with van der Waals surface area (Å²) < 4.78 is 22.0. The van der Waals surface area contributed by atoms with Crippen LogP contribution >= 0.6 is 7.52 Å². The lowest BCUT2D eigenvalue weighted by molar-refractivity contribution is -0.142. The van der Waals surface area contributed by atoms with Crippen molar-refractivity contribution in [1.29, 1.82) is 0 Å². The predicted molar refractivity (Wildman–Crippen MR) is 65.0 cm³/mol. The second kappa shape index (κ2) is 5.84. The van der Waals surface area contributed by atoms with Gasteiger partial charge in [0.15, 0.2) is 5.66 Å². The first-order valence-corrected chi connectivity index (χ1v) is 7.03. The van der Waals surface area contributed by atoms with E-state index in [1.54, 1.807) is 37.3 Å². The summed E-state index contributed by atoms with van der Waals surface area (Å²) in [6.45, 7) is 3.32. The standard InChI is InChI=1S/C11H16NO4P/c1-3-15-11(13)9(2)17(12,14)16-10-7-5-4-6-8-10/h4-9H,3H2,1-2H3,(H2,12,14)/t9-,17?/m0/s1. The number of hydrogen-bond acceptors (Lipinski definition) is 4. The molecule has 1 aromatic carbocycles. The Labute approximate surface area is 100 Å². The highest BCUT2D eigenvalue weighted by molar-refractivity contribution is 7.58.